The highest BCUT2D eigenvalue weighted by molar-refractivity contribution is 6.30. The normalized spacial score (nSPS) is 10.4. The minimum atomic E-state index is -0.995. The number of aryl methyl sites for hydroxylation is 1. The largest absolute Gasteiger partial charge is 0.478 e. The second-order valence-electron chi connectivity index (χ2n) is 5.96. The van der Waals surface area contributed by atoms with Crippen LogP contribution in [0.4, 0.5) is 17.3 Å². The van der Waals surface area contributed by atoms with Gasteiger partial charge in [0.25, 0.3) is 0 Å². The lowest BCUT2D eigenvalue weighted by molar-refractivity contribution is 0.0698. The van der Waals surface area contributed by atoms with Crippen molar-refractivity contribution >= 4 is 34.9 Å². The van der Waals surface area contributed by atoms with Gasteiger partial charge in [0.15, 0.2) is 0 Å². The van der Waals surface area contributed by atoms with E-state index in [1.807, 2.05) is 24.3 Å². The maximum absolute atomic E-state index is 11.3. The molecule has 0 atom stereocenters. The molecule has 6 nitrogen and oxygen atoms in total. The van der Waals surface area contributed by atoms with E-state index in [1.165, 1.54) is 5.56 Å². The molecule has 0 saturated heterocycles. The molecular formula is C20H19ClN4O2. The average Bonchev–Trinajstić information content (AvgIpc) is 2.63. The number of para-hydroxylation sites is 1. The molecule has 3 rings (SSSR count). The van der Waals surface area contributed by atoms with Gasteiger partial charge in [0, 0.05) is 17.6 Å². The van der Waals surface area contributed by atoms with Gasteiger partial charge in [0.2, 0.25) is 0 Å². The van der Waals surface area contributed by atoms with Crippen LogP contribution in [0.25, 0.3) is 0 Å². The van der Waals surface area contributed by atoms with E-state index in [4.69, 9.17) is 11.6 Å². The minimum Gasteiger partial charge on any atom is -0.478 e. The van der Waals surface area contributed by atoms with Gasteiger partial charge in [-0.1, -0.05) is 35.9 Å². The van der Waals surface area contributed by atoms with E-state index in [2.05, 4.69) is 20.6 Å². The maximum atomic E-state index is 11.3. The lowest BCUT2D eigenvalue weighted by Gasteiger charge is -2.12. The molecule has 0 aliphatic carbocycles. The van der Waals surface area contributed by atoms with Gasteiger partial charge in [-0.05, 0) is 43.2 Å². The van der Waals surface area contributed by atoms with Crippen LogP contribution in [0.2, 0.25) is 5.02 Å². The number of nitrogens with zero attached hydrogens (tertiary/aromatic N) is 2. The van der Waals surface area contributed by atoms with Crippen LogP contribution in [0, 0.1) is 6.92 Å². The molecule has 0 unspecified atom stereocenters. The number of aromatic nitrogens is 2. The third-order valence-electron chi connectivity index (χ3n) is 3.89. The lowest BCUT2D eigenvalue weighted by Crippen LogP contribution is -2.09. The first-order valence-electron chi connectivity index (χ1n) is 8.44. The Morgan fingerprint density at radius 3 is 2.52 bits per heavy atom. The summed E-state index contributed by atoms with van der Waals surface area (Å²) in [5, 5.41) is 16.4. The first-order chi connectivity index (χ1) is 13.0. The summed E-state index contributed by atoms with van der Waals surface area (Å²) in [5.41, 5.74) is 1.84. The Bertz CT molecular complexity index is 945. The molecule has 1 heterocycles. The van der Waals surface area contributed by atoms with Crippen molar-refractivity contribution in [3.63, 3.8) is 0 Å². The van der Waals surface area contributed by atoms with Crippen molar-refractivity contribution in [2.75, 3.05) is 17.2 Å². The number of rotatable bonds is 7. The monoisotopic (exact) mass is 382 g/mol. The number of carboxylic acids is 1. The molecule has 1 aromatic heterocycles. The summed E-state index contributed by atoms with van der Waals surface area (Å²) in [4.78, 5) is 20.1. The topological polar surface area (TPSA) is 87.1 Å². The summed E-state index contributed by atoms with van der Waals surface area (Å²) in [7, 11) is 0. The first kappa shape index (κ1) is 18.7. The van der Waals surface area contributed by atoms with E-state index in [0.717, 1.165) is 11.4 Å². The number of halogens is 1. The summed E-state index contributed by atoms with van der Waals surface area (Å²) in [6.45, 7) is 2.49. The van der Waals surface area contributed by atoms with Crippen molar-refractivity contribution in [1.82, 2.24) is 9.97 Å². The fourth-order valence-electron chi connectivity index (χ4n) is 2.62. The van der Waals surface area contributed by atoms with Crippen LogP contribution in [-0.2, 0) is 6.42 Å². The molecule has 138 valence electrons. The third-order valence-corrected chi connectivity index (χ3v) is 4.14. The van der Waals surface area contributed by atoms with Crippen LogP contribution in [-0.4, -0.2) is 27.6 Å². The molecule has 0 bridgehead atoms. The number of nitrogens with one attached hydrogen (secondary N) is 2. The molecule has 0 radical (unpaired) electrons. The summed E-state index contributed by atoms with van der Waals surface area (Å²) in [6.07, 6.45) is 0.824. The number of anilines is 3. The fraction of sp³-hybridized carbons (Fsp3) is 0.150. The number of benzene rings is 2. The van der Waals surface area contributed by atoms with Crippen LogP contribution in [0.1, 0.15) is 21.7 Å². The van der Waals surface area contributed by atoms with Gasteiger partial charge in [-0.25, -0.2) is 14.8 Å². The second-order valence-corrected chi connectivity index (χ2v) is 6.40. The first-order valence-corrected chi connectivity index (χ1v) is 8.82. The third kappa shape index (κ3) is 5.18. The van der Waals surface area contributed by atoms with E-state index < -0.39 is 5.97 Å². The number of carboxylic acid groups (broad SMARTS) is 1. The van der Waals surface area contributed by atoms with Crippen LogP contribution in [0.5, 0.6) is 0 Å². The standard InChI is InChI=1S/C20H19ClN4O2/c1-13-23-18(22-11-10-14-6-8-15(21)9-7-14)12-19(24-13)25-17-5-3-2-4-16(17)20(26)27/h2-9,12H,10-11H2,1H3,(H,26,27)(H2,22,23,24,25). The summed E-state index contributed by atoms with van der Waals surface area (Å²) in [6, 6.07) is 16.2. The highest BCUT2D eigenvalue weighted by Crippen LogP contribution is 2.21. The highest BCUT2D eigenvalue weighted by atomic mass is 35.5. The van der Waals surface area contributed by atoms with Crippen molar-refractivity contribution in [2.24, 2.45) is 0 Å². The van der Waals surface area contributed by atoms with Crippen LogP contribution < -0.4 is 10.6 Å². The highest BCUT2D eigenvalue weighted by Gasteiger charge is 2.10. The fourth-order valence-corrected chi connectivity index (χ4v) is 2.75. The van der Waals surface area contributed by atoms with Gasteiger partial charge in [-0.3, -0.25) is 0 Å². The van der Waals surface area contributed by atoms with Crippen molar-refractivity contribution in [1.29, 1.82) is 0 Å². The lowest BCUT2D eigenvalue weighted by atomic mass is 10.1. The molecule has 3 aromatic rings. The van der Waals surface area contributed by atoms with Crippen molar-refractivity contribution < 1.29 is 9.90 Å². The average molecular weight is 383 g/mol. The van der Waals surface area contributed by atoms with E-state index in [-0.39, 0.29) is 5.56 Å². The Morgan fingerprint density at radius 1 is 1.07 bits per heavy atom. The van der Waals surface area contributed by atoms with Gasteiger partial charge in [0.1, 0.15) is 17.5 Å². The van der Waals surface area contributed by atoms with Gasteiger partial charge in [-0.2, -0.15) is 0 Å². The van der Waals surface area contributed by atoms with Crippen LogP contribution >= 0.6 is 11.6 Å². The van der Waals surface area contributed by atoms with Gasteiger partial charge >= 0.3 is 5.97 Å². The molecular weight excluding hydrogens is 364 g/mol. The molecule has 0 aliphatic rings. The predicted octanol–water partition coefficient (Wildman–Crippen LogP) is 4.53. The zero-order valence-electron chi connectivity index (χ0n) is 14.7. The summed E-state index contributed by atoms with van der Waals surface area (Å²) in [5.74, 6) is 0.795. The number of carbonyl (C=O) groups is 1. The molecule has 0 amide bonds. The zero-order valence-corrected chi connectivity index (χ0v) is 15.5. The van der Waals surface area contributed by atoms with Gasteiger partial charge in [-0.15, -0.1) is 0 Å². The summed E-state index contributed by atoms with van der Waals surface area (Å²) < 4.78 is 0. The second kappa shape index (κ2) is 8.51. The van der Waals surface area contributed by atoms with E-state index in [0.29, 0.717) is 29.7 Å². The molecule has 27 heavy (non-hydrogen) atoms. The molecule has 0 saturated carbocycles. The molecule has 7 heteroatoms. The molecule has 3 N–H and O–H groups in total. The van der Waals surface area contributed by atoms with Gasteiger partial charge in [0.05, 0.1) is 11.3 Å². The Morgan fingerprint density at radius 2 is 1.78 bits per heavy atom. The SMILES string of the molecule is Cc1nc(NCCc2ccc(Cl)cc2)cc(Nc2ccccc2C(=O)O)n1. The summed E-state index contributed by atoms with van der Waals surface area (Å²) >= 11 is 5.90. The van der Waals surface area contributed by atoms with Crippen LogP contribution in [0.15, 0.2) is 54.6 Å². The smallest absolute Gasteiger partial charge is 0.337 e. The number of aromatic carboxylic acids is 1. The number of hydrogen-bond donors (Lipinski definition) is 3. The van der Waals surface area contributed by atoms with Crippen molar-refractivity contribution in [3.8, 4) is 0 Å². The van der Waals surface area contributed by atoms with Crippen LogP contribution in [0.3, 0.4) is 0 Å². The Hall–Kier alpha value is -3.12. The Kier molecular flexibility index (Phi) is 5.88. The van der Waals surface area contributed by atoms with Crippen molar-refractivity contribution in [3.05, 3.63) is 76.6 Å². The van der Waals surface area contributed by atoms with E-state index in [1.54, 1.807) is 37.3 Å². The molecule has 0 aliphatic heterocycles. The molecule has 0 fully saturated rings. The quantitative estimate of drug-likeness (QED) is 0.556. The maximum Gasteiger partial charge on any atom is 0.337 e. The van der Waals surface area contributed by atoms with Crippen molar-refractivity contribution in [2.45, 2.75) is 13.3 Å². The van der Waals surface area contributed by atoms with E-state index in [9.17, 15) is 9.90 Å². The molecule has 0 spiro atoms. The zero-order chi connectivity index (χ0) is 19.2. The van der Waals surface area contributed by atoms with E-state index >= 15 is 0 Å². The number of hydrogen-bond acceptors (Lipinski definition) is 5. The molecule has 2 aromatic carbocycles. The van der Waals surface area contributed by atoms with Gasteiger partial charge < -0.3 is 15.7 Å². The Balaban J connectivity index is 1.69. The minimum absolute atomic E-state index is 0.186. The predicted molar refractivity (Wildman–Crippen MR) is 107 cm³/mol. The Labute approximate surface area is 162 Å².